The van der Waals surface area contributed by atoms with Crippen molar-refractivity contribution in [2.75, 3.05) is 18.0 Å². The highest BCUT2D eigenvalue weighted by Crippen LogP contribution is 2.47. The van der Waals surface area contributed by atoms with Gasteiger partial charge in [-0.05, 0) is 24.6 Å². The Kier molecular flexibility index (Phi) is 3.76. The number of carboxylic acid groups (broad SMARTS) is 1. The average Bonchev–Trinajstić information content (AvgIpc) is 2.84. The second-order valence-electron chi connectivity index (χ2n) is 4.83. The number of hydrogen-bond acceptors (Lipinski definition) is 3. The molecular weight excluding hydrogens is 309 g/mol. The van der Waals surface area contributed by atoms with Crippen LogP contribution in [0, 0.1) is 16.7 Å². The van der Waals surface area contributed by atoms with Crippen LogP contribution in [0.2, 0.25) is 5.02 Å². The first-order valence-corrected chi connectivity index (χ1v) is 6.34. The predicted molar refractivity (Wildman–Crippen MR) is 69.1 cm³/mol. The van der Waals surface area contributed by atoms with E-state index in [4.69, 9.17) is 22.0 Å². The minimum Gasteiger partial charge on any atom is -0.481 e. The summed E-state index contributed by atoms with van der Waals surface area (Å²) in [7, 11) is 0. The molecule has 1 unspecified atom stereocenters. The predicted octanol–water partition coefficient (Wildman–Crippen LogP) is 3.06. The van der Waals surface area contributed by atoms with E-state index in [9.17, 15) is 18.0 Å². The maximum atomic E-state index is 13.1. The van der Waals surface area contributed by atoms with Gasteiger partial charge in [0.05, 0.1) is 11.3 Å². The van der Waals surface area contributed by atoms with E-state index in [1.807, 2.05) is 6.07 Å². The molecule has 1 aliphatic rings. The number of anilines is 1. The third-order valence-electron chi connectivity index (χ3n) is 3.64. The van der Waals surface area contributed by atoms with Crippen LogP contribution in [-0.2, 0) is 4.79 Å². The number of halogens is 4. The molecule has 0 aromatic heterocycles. The molecule has 1 fully saturated rings. The summed E-state index contributed by atoms with van der Waals surface area (Å²) in [6, 6.07) is 6.08. The van der Waals surface area contributed by atoms with E-state index in [0.717, 1.165) is 0 Å². The molecular formula is C13H10ClF3N2O2. The molecule has 0 bridgehead atoms. The van der Waals surface area contributed by atoms with Crippen LogP contribution in [0.15, 0.2) is 18.2 Å². The molecule has 0 amide bonds. The van der Waals surface area contributed by atoms with Gasteiger partial charge < -0.3 is 10.0 Å². The van der Waals surface area contributed by atoms with Crippen molar-refractivity contribution in [1.82, 2.24) is 0 Å². The Balaban J connectivity index is 2.41. The van der Waals surface area contributed by atoms with Crippen LogP contribution in [0.3, 0.4) is 0 Å². The van der Waals surface area contributed by atoms with Crippen molar-refractivity contribution in [2.24, 2.45) is 5.41 Å². The highest BCUT2D eigenvalue weighted by atomic mass is 35.5. The summed E-state index contributed by atoms with van der Waals surface area (Å²) in [4.78, 5) is 12.4. The average molecular weight is 319 g/mol. The Morgan fingerprint density at radius 2 is 2.14 bits per heavy atom. The number of benzene rings is 1. The van der Waals surface area contributed by atoms with Crippen LogP contribution < -0.4 is 4.90 Å². The van der Waals surface area contributed by atoms with E-state index in [-0.39, 0.29) is 22.8 Å². The van der Waals surface area contributed by atoms with E-state index < -0.39 is 30.5 Å². The molecule has 1 heterocycles. The monoisotopic (exact) mass is 318 g/mol. The lowest BCUT2D eigenvalue weighted by atomic mass is 9.86. The van der Waals surface area contributed by atoms with Crippen molar-refractivity contribution in [3.05, 3.63) is 28.8 Å². The van der Waals surface area contributed by atoms with E-state index in [1.54, 1.807) is 0 Å². The minimum atomic E-state index is -4.86. The maximum absolute atomic E-state index is 13.1. The van der Waals surface area contributed by atoms with Gasteiger partial charge in [-0.3, -0.25) is 4.79 Å². The number of hydrogen-bond donors (Lipinski definition) is 1. The quantitative estimate of drug-likeness (QED) is 0.910. The first kappa shape index (κ1) is 15.4. The van der Waals surface area contributed by atoms with E-state index >= 15 is 0 Å². The number of carbonyl (C=O) groups is 1. The molecule has 0 radical (unpaired) electrons. The molecule has 0 aliphatic carbocycles. The van der Waals surface area contributed by atoms with E-state index in [2.05, 4.69) is 0 Å². The number of carboxylic acids is 1. The SMILES string of the molecule is N#Cc1ccc(Cl)cc1N1CCC(C(=O)O)(C(F)(F)F)C1. The van der Waals surface area contributed by atoms with Crippen LogP contribution in [0.25, 0.3) is 0 Å². The molecule has 112 valence electrons. The first-order valence-electron chi connectivity index (χ1n) is 5.96. The molecule has 2 rings (SSSR count). The molecule has 1 saturated heterocycles. The number of rotatable bonds is 2. The van der Waals surface area contributed by atoms with Gasteiger partial charge in [-0.25, -0.2) is 0 Å². The Morgan fingerprint density at radius 1 is 1.48 bits per heavy atom. The molecule has 0 saturated carbocycles. The fourth-order valence-electron chi connectivity index (χ4n) is 2.40. The topological polar surface area (TPSA) is 64.3 Å². The van der Waals surface area contributed by atoms with Gasteiger partial charge in [0.25, 0.3) is 0 Å². The highest BCUT2D eigenvalue weighted by Gasteiger charge is 2.63. The molecule has 1 aromatic carbocycles. The number of alkyl halides is 3. The summed E-state index contributed by atoms with van der Waals surface area (Å²) >= 11 is 5.80. The van der Waals surface area contributed by atoms with Crippen molar-refractivity contribution in [3.8, 4) is 6.07 Å². The van der Waals surface area contributed by atoms with Gasteiger partial charge in [0, 0.05) is 18.1 Å². The zero-order valence-corrected chi connectivity index (χ0v) is 11.4. The number of nitrogens with zero attached hydrogens (tertiary/aromatic N) is 2. The Bertz CT molecular complexity index is 627. The Labute approximate surface area is 123 Å². The van der Waals surface area contributed by atoms with Crippen LogP contribution >= 0.6 is 11.6 Å². The van der Waals surface area contributed by atoms with Crippen LogP contribution in [-0.4, -0.2) is 30.3 Å². The zero-order chi connectivity index (χ0) is 15.8. The summed E-state index contributed by atoms with van der Waals surface area (Å²) in [6.07, 6.45) is -5.43. The van der Waals surface area contributed by atoms with E-state index in [0.29, 0.717) is 0 Å². The molecule has 1 aliphatic heterocycles. The van der Waals surface area contributed by atoms with Gasteiger partial charge in [-0.2, -0.15) is 18.4 Å². The molecule has 1 atom stereocenters. The van der Waals surface area contributed by atoms with Gasteiger partial charge in [-0.1, -0.05) is 11.6 Å². The molecule has 4 nitrogen and oxygen atoms in total. The third kappa shape index (κ3) is 2.51. The second-order valence-corrected chi connectivity index (χ2v) is 5.27. The van der Waals surface area contributed by atoms with Crippen LogP contribution in [0.4, 0.5) is 18.9 Å². The molecule has 8 heteroatoms. The van der Waals surface area contributed by atoms with Gasteiger partial charge in [0.2, 0.25) is 0 Å². The second kappa shape index (κ2) is 5.11. The van der Waals surface area contributed by atoms with Gasteiger partial charge in [0.15, 0.2) is 5.41 Å². The standard InChI is InChI=1S/C13H10ClF3N2O2/c14-9-2-1-8(6-18)10(5-9)19-4-3-12(7-19,11(20)21)13(15,16)17/h1-2,5H,3-4,7H2,(H,20,21). The normalized spacial score (nSPS) is 22.1. The molecule has 21 heavy (non-hydrogen) atoms. The summed E-state index contributed by atoms with van der Waals surface area (Å²) < 4.78 is 39.4. The largest absolute Gasteiger partial charge is 0.481 e. The fourth-order valence-corrected chi connectivity index (χ4v) is 2.57. The van der Waals surface area contributed by atoms with Crippen molar-refractivity contribution < 1.29 is 23.1 Å². The maximum Gasteiger partial charge on any atom is 0.406 e. The van der Waals surface area contributed by atoms with Crippen LogP contribution in [0.1, 0.15) is 12.0 Å². The van der Waals surface area contributed by atoms with Crippen molar-refractivity contribution >= 4 is 23.3 Å². The van der Waals surface area contributed by atoms with Gasteiger partial charge in [0.1, 0.15) is 6.07 Å². The molecule has 0 spiro atoms. The van der Waals surface area contributed by atoms with Gasteiger partial charge >= 0.3 is 12.1 Å². The van der Waals surface area contributed by atoms with Crippen molar-refractivity contribution in [2.45, 2.75) is 12.6 Å². The van der Waals surface area contributed by atoms with Crippen molar-refractivity contribution in [1.29, 1.82) is 5.26 Å². The van der Waals surface area contributed by atoms with E-state index in [1.165, 1.54) is 23.1 Å². The summed E-state index contributed by atoms with van der Waals surface area (Å²) in [5, 5.41) is 18.3. The van der Waals surface area contributed by atoms with Gasteiger partial charge in [-0.15, -0.1) is 0 Å². The lowest BCUT2D eigenvalue weighted by molar-refractivity contribution is -0.225. The zero-order valence-electron chi connectivity index (χ0n) is 10.6. The molecule has 1 N–H and O–H groups in total. The lowest BCUT2D eigenvalue weighted by Gasteiger charge is -2.28. The first-order chi connectivity index (χ1) is 9.71. The summed E-state index contributed by atoms with van der Waals surface area (Å²) in [6.45, 7) is -0.846. The minimum absolute atomic E-state index is 0.110. The smallest absolute Gasteiger partial charge is 0.406 e. The summed E-state index contributed by atoms with van der Waals surface area (Å²) in [5.41, 5.74) is -2.44. The number of aliphatic carboxylic acids is 1. The summed E-state index contributed by atoms with van der Waals surface area (Å²) in [5.74, 6) is -1.90. The Hall–Kier alpha value is -1.94. The fraction of sp³-hybridized carbons (Fsp3) is 0.385. The van der Waals surface area contributed by atoms with Crippen molar-refractivity contribution in [3.63, 3.8) is 0 Å². The molecule has 1 aromatic rings. The lowest BCUT2D eigenvalue weighted by Crippen LogP contribution is -2.47. The van der Waals surface area contributed by atoms with Crippen LogP contribution in [0.5, 0.6) is 0 Å². The Morgan fingerprint density at radius 3 is 2.62 bits per heavy atom. The third-order valence-corrected chi connectivity index (χ3v) is 3.88. The number of nitriles is 1. The highest BCUT2D eigenvalue weighted by molar-refractivity contribution is 6.30.